The Morgan fingerprint density at radius 2 is 1.67 bits per heavy atom. The molecule has 0 radical (unpaired) electrons. The van der Waals surface area contributed by atoms with Gasteiger partial charge in [-0.25, -0.2) is 0 Å². The second kappa shape index (κ2) is 4.29. The summed E-state index contributed by atoms with van der Waals surface area (Å²) in [7, 11) is 1.74. The highest BCUT2D eigenvalue weighted by atomic mass is 79.9. The highest BCUT2D eigenvalue weighted by molar-refractivity contribution is 9.09. The van der Waals surface area contributed by atoms with E-state index in [-0.39, 0.29) is 0 Å². The molecule has 0 bridgehead atoms. The molecule has 0 saturated heterocycles. The van der Waals surface area contributed by atoms with E-state index in [2.05, 4.69) is 36.7 Å². The Balaban J connectivity index is 3.58. The third kappa shape index (κ3) is 3.21. The van der Waals surface area contributed by atoms with Gasteiger partial charge in [-0.15, -0.1) is 0 Å². The molecule has 0 aromatic heterocycles. The van der Waals surface area contributed by atoms with Crippen molar-refractivity contribution in [2.45, 2.75) is 31.7 Å². The van der Waals surface area contributed by atoms with Crippen LogP contribution in [0.1, 0.15) is 20.8 Å². The Bertz CT molecular complexity index is 73.3. The average Bonchev–Trinajstić information content (AvgIpc) is 1.84. The van der Waals surface area contributed by atoms with E-state index in [1.807, 2.05) is 0 Å². The van der Waals surface area contributed by atoms with Gasteiger partial charge in [0.15, 0.2) is 0 Å². The van der Waals surface area contributed by atoms with Crippen LogP contribution in [-0.2, 0) is 4.74 Å². The summed E-state index contributed by atoms with van der Waals surface area (Å²) in [5.41, 5.74) is 0. The van der Waals surface area contributed by atoms with Gasteiger partial charge in [-0.3, -0.25) is 0 Å². The summed E-state index contributed by atoms with van der Waals surface area (Å²) in [6, 6.07) is 0. The molecule has 0 aromatic carbocycles. The van der Waals surface area contributed by atoms with Gasteiger partial charge in [-0.1, -0.05) is 29.8 Å². The fourth-order valence-electron chi connectivity index (χ4n) is 0.672. The fraction of sp³-hybridized carbons (Fsp3) is 1.00. The molecule has 0 spiro atoms. The lowest BCUT2D eigenvalue weighted by atomic mass is 10.1. The van der Waals surface area contributed by atoms with Crippen LogP contribution < -0.4 is 0 Å². The number of ether oxygens (including phenoxy) is 1. The Morgan fingerprint density at radius 3 is 1.78 bits per heavy atom. The van der Waals surface area contributed by atoms with Crippen LogP contribution in [0.3, 0.4) is 0 Å². The molecule has 2 atom stereocenters. The van der Waals surface area contributed by atoms with E-state index in [4.69, 9.17) is 4.74 Å². The quantitative estimate of drug-likeness (QED) is 0.628. The summed E-state index contributed by atoms with van der Waals surface area (Å²) in [5, 5.41) is 0. The smallest absolute Gasteiger partial charge is 0.0670 e. The molecule has 0 fully saturated rings. The molecular formula is C7H15BrO. The van der Waals surface area contributed by atoms with E-state index >= 15 is 0 Å². The molecule has 0 aliphatic rings. The second-order valence-electron chi connectivity index (χ2n) is 2.63. The third-order valence-electron chi connectivity index (χ3n) is 1.46. The molecule has 0 saturated carbocycles. The lowest BCUT2D eigenvalue weighted by molar-refractivity contribution is 0.107. The normalized spacial score (nSPS) is 18.0. The van der Waals surface area contributed by atoms with Crippen molar-refractivity contribution < 1.29 is 4.74 Å². The first-order valence-corrected chi connectivity index (χ1v) is 4.18. The van der Waals surface area contributed by atoms with Crippen molar-refractivity contribution in [3.05, 3.63) is 0 Å². The van der Waals surface area contributed by atoms with E-state index < -0.39 is 0 Å². The molecule has 2 heteroatoms. The van der Waals surface area contributed by atoms with Crippen molar-refractivity contribution >= 4 is 15.9 Å². The molecule has 0 aliphatic carbocycles. The predicted molar refractivity (Wildman–Crippen MR) is 44.0 cm³/mol. The van der Waals surface area contributed by atoms with Crippen LogP contribution in [0.15, 0.2) is 0 Å². The van der Waals surface area contributed by atoms with E-state index in [9.17, 15) is 0 Å². The third-order valence-corrected chi connectivity index (χ3v) is 3.26. The van der Waals surface area contributed by atoms with Crippen molar-refractivity contribution in [2.75, 3.05) is 7.11 Å². The lowest BCUT2D eigenvalue weighted by Gasteiger charge is -2.19. The van der Waals surface area contributed by atoms with E-state index in [0.717, 1.165) is 0 Å². The largest absolute Gasteiger partial charge is 0.381 e. The Labute approximate surface area is 65.9 Å². The van der Waals surface area contributed by atoms with E-state index in [1.165, 1.54) is 0 Å². The first-order valence-electron chi connectivity index (χ1n) is 3.26. The van der Waals surface area contributed by atoms with Crippen molar-refractivity contribution in [1.29, 1.82) is 0 Å². The molecule has 0 aromatic rings. The summed E-state index contributed by atoms with van der Waals surface area (Å²) < 4.78 is 5.13. The fourth-order valence-corrected chi connectivity index (χ4v) is 0.888. The van der Waals surface area contributed by atoms with Gasteiger partial charge in [-0.2, -0.15) is 0 Å². The zero-order valence-corrected chi connectivity index (χ0v) is 8.10. The SMILES string of the molecule is CO[C@H](C)[C@H](Br)C(C)C. The van der Waals surface area contributed by atoms with Gasteiger partial charge in [0, 0.05) is 11.9 Å². The van der Waals surface area contributed by atoms with Gasteiger partial charge < -0.3 is 4.74 Å². The Morgan fingerprint density at radius 1 is 1.22 bits per heavy atom. The van der Waals surface area contributed by atoms with E-state index in [0.29, 0.717) is 16.8 Å². The minimum Gasteiger partial charge on any atom is -0.381 e. The van der Waals surface area contributed by atoms with Gasteiger partial charge in [-0.05, 0) is 12.8 Å². The highest BCUT2D eigenvalue weighted by Gasteiger charge is 2.15. The van der Waals surface area contributed by atoms with Gasteiger partial charge in [0.25, 0.3) is 0 Å². The van der Waals surface area contributed by atoms with Crippen molar-refractivity contribution in [3.63, 3.8) is 0 Å². The lowest BCUT2D eigenvalue weighted by Crippen LogP contribution is -2.23. The topological polar surface area (TPSA) is 9.23 Å². The molecule has 0 rings (SSSR count). The maximum atomic E-state index is 5.13. The predicted octanol–water partition coefficient (Wildman–Crippen LogP) is 2.44. The summed E-state index contributed by atoms with van der Waals surface area (Å²) in [4.78, 5) is 0.475. The number of hydrogen-bond donors (Lipinski definition) is 0. The van der Waals surface area contributed by atoms with Crippen LogP contribution in [0.25, 0.3) is 0 Å². The molecule has 0 unspecified atom stereocenters. The molecular weight excluding hydrogens is 180 g/mol. The zero-order valence-electron chi connectivity index (χ0n) is 6.52. The molecule has 0 aliphatic heterocycles. The van der Waals surface area contributed by atoms with Crippen molar-refractivity contribution in [2.24, 2.45) is 5.92 Å². The van der Waals surface area contributed by atoms with E-state index in [1.54, 1.807) is 7.11 Å². The molecule has 0 heterocycles. The highest BCUT2D eigenvalue weighted by Crippen LogP contribution is 2.17. The number of rotatable bonds is 3. The van der Waals surface area contributed by atoms with Gasteiger partial charge in [0.2, 0.25) is 0 Å². The number of halogens is 1. The molecule has 56 valence electrons. The van der Waals surface area contributed by atoms with Crippen LogP contribution in [0, 0.1) is 5.92 Å². The Hall–Kier alpha value is 0.440. The summed E-state index contributed by atoms with van der Waals surface area (Å²) in [6.07, 6.45) is 0.310. The zero-order chi connectivity index (χ0) is 7.44. The van der Waals surface area contributed by atoms with Crippen LogP contribution in [-0.4, -0.2) is 18.0 Å². The molecule has 9 heavy (non-hydrogen) atoms. The van der Waals surface area contributed by atoms with Crippen LogP contribution in [0.5, 0.6) is 0 Å². The van der Waals surface area contributed by atoms with Gasteiger partial charge in [0.05, 0.1) is 6.10 Å². The average molecular weight is 195 g/mol. The van der Waals surface area contributed by atoms with Crippen molar-refractivity contribution in [1.82, 2.24) is 0 Å². The molecule has 1 nitrogen and oxygen atoms in total. The first-order chi connectivity index (χ1) is 4.09. The minimum atomic E-state index is 0.310. The Kier molecular flexibility index (Phi) is 4.50. The van der Waals surface area contributed by atoms with Gasteiger partial charge in [0.1, 0.15) is 0 Å². The van der Waals surface area contributed by atoms with Crippen LogP contribution in [0.2, 0.25) is 0 Å². The summed E-state index contributed by atoms with van der Waals surface area (Å²) >= 11 is 3.54. The standard InChI is InChI=1S/C7H15BrO/c1-5(2)7(8)6(3)9-4/h5-7H,1-4H3/t6-,7-/m1/s1. The number of hydrogen-bond acceptors (Lipinski definition) is 1. The maximum Gasteiger partial charge on any atom is 0.0670 e. The summed E-state index contributed by atoms with van der Waals surface area (Å²) in [6.45, 7) is 6.42. The number of alkyl halides is 1. The maximum absolute atomic E-state index is 5.13. The molecule has 0 N–H and O–H groups in total. The molecule has 0 amide bonds. The first kappa shape index (κ1) is 9.44. The van der Waals surface area contributed by atoms with Gasteiger partial charge >= 0.3 is 0 Å². The summed E-state index contributed by atoms with van der Waals surface area (Å²) in [5.74, 6) is 0.639. The van der Waals surface area contributed by atoms with Crippen LogP contribution >= 0.6 is 15.9 Å². The van der Waals surface area contributed by atoms with Crippen LogP contribution in [0.4, 0.5) is 0 Å². The monoisotopic (exact) mass is 194 g/mol. The second-order valence-corrected chi connectivity index (χ2v) is 3.69. The number of methoxy groups -OCH3 is 1. The minimum absolute atomic E-state index is 0.310. The van der Waals surface area contributed by atoms with Crippen molar-refractivity contribution in [3.8, 4) is 0 Å².